The van der Waals surface area contributed by atoms with Gasteiger partial charge in [0.15, 0.2) is 0 Å². The van der Waals surface area contributed by atoms with Crippen LogP contribution in [0, 0.1) is 5.92 Å². The van der Waals surface area contributed by atoms with Gasteiger partial charge in [-0.3, -0.25) is 9.58 Å². The van der Waals surface area contributed by atoms with Gasteiger partial charge < -0.3 is 4.74 Å². The SMILES string of the molecule is COc1ccc(Cl)cc1CN1CCC[C@@H](Cn2cncn2)C1. The van der Waals surface area contributed by atoms with Crippen LogP contribution in [0.4, 0.5) is 0 Å². The molecule has 1 aliphatic rings. The van der Waals surface area contributed by atoms with Gasteiger partial charge in [-0.25, -0.2) is 4.98 Å². The second-order valence-electron chi connectivity index (χ2n) is 5.82. The van der Waals surface area contributed by atoms with Crippen LogP contribution < -0.4 is 4.74 Å². The predicted molar refractivity (Wildman–Crippen MR) is 86.0 cm³/mol. The summed E-state index contributed by atoms with van der Waals surface area (Å²) < 4.78 is 7.37. The van der Waals surface area contributed by atoms with Crippen molar-refractivity contribution in [1.82, 2.24) is 19.7 Å². The maximum Gasteiger partial charge on any atom is 0.137 e. The highest BCUT2D eigenvalue weighted by atomic mass is 35.5. The average molecular weight is 321 g/mol. The number of nitrogens with zero attached hydrogens (tertiary/aromatic N) is 4. The van der Waals surface area contributed by atoms with E-state index in [0.29, 0.717) is 5.92 Å². The smallest absolute Gasteiger partial charge is 0.137 e. The third-order valence-electron chi connectivity index (χ3n) is 4.15. The van der Waals surface area contributed by atoms with Gasteiger partial charge in [0.05, 0.1) is 7.11 Å². The Morgan fingerprint density at radius 3 is 3.09 bits per heavy atom. The molecule has 0 unspecified atom stereocenters. The largest absolute Gasteiger partial charge is 0.496 e. The molecule has 1 aromatic heterocycles. The Balaban J connectivity index is 1.64. The normalized spacial score (nSPS) is 19.3. The summed E-state index contributed by atoms with van der Waals surface area (Å²) in [4.78, 5) is 6.49. The standard InChI is InChI=1S/C16H21ClN4O/c1-22-16-5-4-15(17)7-14(16)10-20-6-2-3-13(8-20)9-21-12-18-11-19-21/h4-5,7,11-13H,2-3,6,8-10H2,1H3/t13-/m1/s1. The number of halogens is 1. The first-order chi connectivity index (χ1) is 10.7. The molecule has 1 saturated heterocycles. The molecular weight excluding hydrogens is 300 g/mol. The lowest BCUT2D eigenvalue weighted by Crippen LogP contribution is -2.36. The van der Waals surface area contributed by atoms with Gasteiger partial charge in [-0.15, -0.1) is 0 Å². The molecule has 0 spiro atoms. The van der Waals surface area contributed by atoms with Crippen molar-refractivity contribution in [2.75, 3.05) is 20.2 Å². The first-order valence-electron chi connectivity index (χ1n) is 7.62. The first kappa shape index (κ1) is 15.3. The van der Waals surface area contributed by atoms with Crippen molar-refractivity contribution in [1.29, 1.82) is 0 Å². The van der Waals surface area contributed by atoms with Crippen LogP contribution in [0.1, 0.15) is 18.4 Å². The zero-order valence-corrected chi connectivity index (χ0v) is 13.5. The maximum absolute atomic E-state index is 6.12. The zero-order valence-electron chi connectivity index (χ0n) is 12.8. The van der Waals surface area contributed by atoms with Gasteiger partial charge in [-0.1, -0.05) is 11.6 Å². The average Bonchev–Trinajstić information content (AvgIpc) is 3.01. The quantitative estimate of drug-likeness (QED) is 0.849. The van der Waals surface area contributed by atoms with E-state index >= 15 is 0 Å². The minimum atomic E-state index is 0.612. The molecule has 1 aromatic carbocycles. The molecule has 0 bridgehead atoms. The van der Waals surface area contributed by atoms with Crippen LogP contribution in [0.15, 0.2) is 30.9 Å². The Morgan fingerprint density at radius 2 is 2.32 bits per heavy atom. The number of hydrogen-bond acceptors (Lipinski definition) is 4. The zero-order chi connectivity index (χ0) is 15.4. The van der Waals surface area contributed by atoms with Crippen molar-refractivity contribution in [3.8, 4) is 5.75 Å². The van der Waals surface area contributed by atoms with Crippen LogP contribution in [0.2, 0.25) is 5.02 Å². The molecule has 1 atom stereocenters. The molecule has 1 fully saturated rings. The van der Waals surface area contributed by atoms with Gasteiger partial charge in [0.1, 0.15) is 18.4 Å². The summed E-state index contributed by atoms with van der Waals surface area (Å²) >= 11 is 6.12. The highest BCUT2D eigenvalue weighted by Crippen LogP contribution is 2.26. The van der Waals surface area contributed by atoms with Crippen molar-refractivity contribution in [3.05, 3.63) is 41.4 Å². The highest BCUT2D eigenvalue weighted by molar-refractivity contribution is 6.30. The predicted octanol–water partition coefficient (Wildman–Crippen LogP) is 2.85. The number of benzene rings is 1. The van der Waals surface area contributed by atoms with Crippen molar-refractivity contribution in [3.63, 3.8) is 0 Å². The third kappa shape index (κ3) is 3.78. The first-order valence-corrected chi connectivity index (χ1v) is 7.99. The van der Waals surface area contributed by atoms with Gasteiger partial charge in [0, 0.05) is 30.2 Å². The van der Waals surface area contributed by atoms with Gasteiger partial charge in [-0.2, -0.15) is 5.10 Å². The molecular formula is C16H21ClN4O. The summed E-state index contributed by atoms with van der Waals surface area (Å²) in [6, 6.07) is 5.81. The van der Waals surface area contributed by atoms with Crippen molar-refractivity contribution in [2.45, 2.75) is 25.9 Å². The van der Waals surface area contributed by atoms with E-state index < -0.39 is 0 Å². The third-order valence-corrected chi connectivity index (χ3v) is 4.39. The van der Waals surface area contributed by atoms with Crippen LogP contribution in [0.3, 0.4) is 0 Å². The van der Waals surface area contributed by atoms with E-state index in [1.807, 2.05) is 22.9 Å². The molecule has 5 nitrogen and oxygen atoms in total. The Kier molecular flexibility index (Phi) is 4.95. The number of hydrogen-bond donors (Lipinski definition) is 0. The molecule has 0 N–H and O–H groups in total. The highest BCUT2D eigenvalue weighted by Gasteiger charge is 2.21. The number of aromatic nitrogens is 3. The lowest BCUT2D eigenvalue weighted by Gasteiger charge is -2.33. The summed E-state index contributed by atoms with van der Waals surface area (Å²) in [5.41, 5.74) is 1.15. The van der Waals surface area contributed by atoms with Crippen LogP contribution in [-0.4, -0.2) is 39.9 Å². The van der Waals surface area contributed by atoms with Gasteiger partial charge >= 0.3 is 0 Å². The van der Waals surface area contributed by atoms with E-state index in [4.69, 9.17) is 16.3 Å². The van der Waals surface area contributed by atoms with Gasteiger partial charge in [0.2, 0.25) is 0 Å². The molecule has 0 radical (unpaired) electrons. The topological polar surface area (TPSA) is 43.2 Å². The second kappa shape index (κ2) is 7.11. The Labute approximate surface area is 135 Å². The van der Waals surface area contributed by atoms with Crippen molar-refractivity contribution >= 4 is 11.6 Å². The lowest BCUT2D eigenvalue weighted by atomic mass is 9.97. The summed E-state index contributed by atoms with van der Waals surface area (Å²) in [6.45, 7) is 3.99. The van der Waals surface area contributed by atoms with E-state index in [9.17, 15) is 0 Å². The van der Waals surface area contributed by atoms with E-state index in [1.165, 1.54) is 12.8 Å². The molecule has 22 heavy (non-hydrogen) atoms. The molecule has 0 aliphatic carbocycles. The fraction of sp³-hybridized carbons (Fsp3) is 0.500. The molecule has 2 aromatic rings. The number of piperidine rings is 1. The van der Waals surface area contributed by atoms with E-state index in [1.54, 1.807) is 19.8 Å². The van der Waals surface area contributed by atoms with Crippen LogP contribution in [-0.2, 0) is 13.1 Å². The van der Waals surface area contributed by atoms with Crippen molar-refractivity contribution in [2.24, 2.45) is 5.92 Å². The Bertz CT molecular complexity index is 602. The molecule has 0 saturated carbocycles. The van der Waals surface area contributed by atoms with E-state index in [-0.39, 0.29) is 0 Å². The van der Waals surface area contributed by atoms with Gasteiger partial charge in [-0.05, 0) is 43.5 Å². The summed E-state index contributed by atoms with van der Waals surface area (Å²) in [5, 5.41) is 4.96. The Hall–Kier alpha value is -1.59. The molecule has 1 aliphatic heterocycles. The van der Waals surface area contributed by atoms with Crippen LogP contribution in [0.25, 0.3) is 0 Å². The minimum Gasteiger partial charge on any atom is -0.496 e. The Morgan fingerprint density at radius 1 is 1.41 bits per heavy atom. The summed E-state index contributed by atoms with van der Waals surface area (Å²) in [6.07, 6.45) is 5.83. The fourth-order valence-electron chi connectivity index (χ4n) is 3.15. The fourth-order valence-corrected chi connectivity index (χ4v) is 3.34. The molecule has 2 heterocycles. The summed E-state index contributed by atoms with van der Waals surface area (Å²) in [5.74, 6) is 1.52. The monoisotopic (exact) mass is 320 g/mol. The van der Waals surface area contributed by atoms with E-state index in [2.05, 4.69) is 15.0 Å². The number of methoxy groups -OCH3 is 1. The lowest BCUT2D eigenvalue weighted by molar-refractivity contribution is 0.152. The molecule has 3 rings (SSSR count). The van der Waals surface area contributed by atoms with Crippen molar-refractivity contribution < 1.29 is 4.74 Å². The van der Waals surface area contributed by atoms with Crippen LogP contribution >= 0.6 is 11.6 Å². The molecule has 6 heteroatoms. The van der Waals surface area contributed by atoms with Gasteiger partial charge in [0.25, 0.3) is 0 Å². The molecule has 118 valence electrons. The maximum atomic E-state index is 6.12. The second-order valence-corrected chi connectivity index (χ2v) is 6.25. The minimum absolute atomic E-state index is 0.612. The number of ether oxygens (including phenoxy) is 1. The van der Waals surface area contributed by atoms with E-state index in [0.717, 1.165) is 42.5 Å². The summed E-state index contributed by atoms with van der Waals surface area (Å²) in [7, 11) is 1.70. The van der Waals surface area contributed by atoms with Crippen LogP contribution in [0.5, 0.6) is 5.75 Å². The number of rotatable bonds is 5. The molecule has 0 amide bonds. The number of likely N-dealkylation sites (tertiary alicyclic amines) is 1.